The number of carbonyl (C=O) groups excluding carboxylic acids is 2. The van der Waals surface area contributed by atoms with Gasteiger partial charge in [0, 0.05) is 11.6 Å². The van der Waals surface area contributed by atoms with Gasteiger partial charge < -0.3 is 19.5 Å². The second-order valence-corrected chi connectivity index (χ2v) is 5.43. The van der Waals surface area contributed by atoms with Crippen molar-refractivity contribution in [3.8, 4) is 17.2 Å². The average Bonchev–Trinajstić information content (AvgIpc) is 2.81. The van der Waals surface area contributed by atoms with Crippen molar-refractivity contribution in [3.63, 3.8) is 0 Å². The first-order chi connectivity index (χ1) is 11.4. The van der Waals surface area contributed by atoms with Crippen LogP contribution in [0.1, 0.15) is 25.8 Å². The molecule has 0 aromatic heterocycles. The van der Waals surface area contributed by atoms with Crippen molar-refractivity contribution < 1.29 is 23.8 Å². The standard InChI is InChI=1S/C16H21N3O5/c1-6-16(2)14(20)19(15(21)18-16)17-9-10-7-12(23-4)13(24-5)8-11(10)22-3/h7-9H,6H2,1-5H3,(H,18,21)/b17-9+. The average molecular weight is 335 g/mol. The van der Waals surface area contributed by atoms with Crippen molar-refractivity contribution in [1.82, 2.24) is 10.3 Å². The summed E-state index contributed by atoms with van der Waals surface area (Å²) in [4.78, 5) is 24.3. The minimum Gasteiger partial charge on any atom is -0.496 e. The fourth-order valence-electron chi connectivity index (χ4n) is 2.29. The van der Waals surface area contributed by atoms with Gasteiger partial charge in [-0.25, -0.2) is 4.79 Å². The number of urea groups is 1. The molecule has 1 unspecified atom stereocenters. The number of imide groups is 1. The molecular weight excluding hydrogens is 314 g/mol. The molecule has 1 aromatic carbocycles. The van der Waals surface area contributed by atoms with Crippen LogP contribution in [0.2, 0.25) is 0 Å². The third kappa shape index (κ3) is 2.99. The SMILES string of the molecule is CCC1(C)NC(=O)N(/N=C/c2cc(OC)c(OC)cc2OC)C1=O. The first-order valence-corrected chi connectivity index (χ1v) is 7.40. The van der Waals surface area contributed by atoms with Gasteiger partial charge in [0.15, 0.2) is 11.5 Å². The van der Waals surface area contributed by atoms with Crippen LogP contribution in [-0.4, -0.2) is 50.0 Å². The molecule has 0 aliphatic carbocycles. The fourth-order valence-corrected chi connectivity index (χ4v) is 2.29. The molecule has 2 rings (SSSR count). The number of benzene rings is 1. The van der Waals surface area contributed by atoms with E-state index in [9.17, 15) is 9.59 Å². The minimum atomic E-state index is -0.934. The van der Waals surface area contributed by atoms with Crippen molar-refractivity contribution in [2.75, 3.05) is 21.3 Å². The number of hydrogen-bond acceptors (Lipinski definition) is 6. The van der Waals surface area contributed by atoms with Crippen molar-refractivity contribution in [2.24, 2.45) is 5.10 Å². The molecule has 1 atom stereocenters. The fraction of sp³-hybridized carbons (Fsp3) is 0.438. The second-order valence-electron chi connectivity index (χ2n) is 5.43. The third-order valence-electron chi connectivity index (χ3n) is 3.99. The summed E-state index contributed by atoms with van der Waals surface area (Å²) < 4.78 is 15.7. The maximum absolute atomic E-state index is 12.3. The quantitative estimate of drug-likeness (QED) is 0.632. The molecule has 0 spiro atoms. The lowest BCUT2D eigenvalue weighted by Gasteiger charge is -2.17. The smallest absolute Gasteiger partial charge is 0.346 e. The van der Waals surface area contributed by atoms with Crippen LogP contribution >= 0.6 is 0 Å². The Balaban J connectivity index is 2.35. The summed E-state index contributed by atoms with van der Waals surface area (Å²) in [7, 11) is 4.53. The third-order valence-corrected chi connectivity index (χ3v) is 3.99. The van der Waals surface area contributed by atoms with Gasteiger partial charge in [0.1, 0.15) is 11.3 Å². The molecule has 1 fully saturated rings. The predicted molar refractivity (Wildman–Crippen MR) is 87.8 cm³/mol. The Bertz CT molecular complexity index is 689. The lowest BCUT2D eigenvalue weighted by molar-refractivity contribution is -0.130. The van der Waals surface area contributed by atoms with Gasteiger partial charge in [0.05, 0.1) is 27.5 Å². The first kappa shape index (κ1) is 17.6. The van der Waals surface area contributed by atoms with Crippen molar-refractivity contribution in [3.05, 3.63) is 17.7 Å². The van der Waals surface area contributed by atoms with Gasteiger partial charge in [-0.2, -0.15) is 5.10 Å². The summed E-state index contributed by atoms with van der Waals surface area (Å²) in [5, 5.41) is 7.46. The van der Waals surface area contributed by atoms with Crippen LogP contribution in [-0.2, 0) is 4.79 Å². The maximum Gasteiger partial charge on any atom is 0.346 e. The molecule has 1 heterocycles. The van der Waals surface area contributed by atoms with Crippen molar-refractivity contribution in [1.29, 1.82) is 0 Å². The molecule has 1 aliphatic heterocycles. The number of methoxy groups -OCH3 is 3. The summed E-state index contributed by atoms with van der Waals surface area (Å²) in [5.74, 6) is 1.06. The van der Waals surface area contributed by atoms with Crippen LogP contribution in [0.15, 0.2) is 17.2 Å². The van der Waals surface area contributed by atoms with Crippen LogP contribution < -0.4 is 19.5 Å². The number of nitrogens with one attached hydrogen (secondary N) is 1. The van der Waals surface area contributed by atoms with E-state index >= 15 is 0 Å². The Labute approximate surface area is 140 Å². The van der Waals surface area contributed by atoms with Gasteiger partial charge in [-0.3, -0.25) is 4.79 Å². The number of rotatable bonds is 6. The van der Waals surface area contributed by atoms with Crippen LogP contribution in [0.5, 0.6) is 17.2 Å². The second kappa shape index (κ2) is 6.77. The molecule has 3 amide bonds. The van der Waals surface area contributed by atoms with E-state index in [0.717, 1.165) is 5.01 Å². The van der Waals surface area contributed by atoms with Crippen LogP contribution in [0.3, 0.4) is 0 Å². The topological polar surface area (TPSA) is 89.5 Å². The summed E-state index contributed by atoms with van der Waals surface area (Å²) in [6, 6.07) is 2.74. The minimum absolute atomic E-state index is 0.398. The van der Waals surface area contributed by atoms with E-state index in [1.54, 1.807) is 19.1 Å². The van der Waals surface area contributed by atoms with Crippen molar-refractivity contribution in [2.45, 2.75) is 25.8 Å². The van der Waals surface area contributed by atoms with Crippen LogP contribution in [0.25, 0.3) is 0 Å². The summed E-state index contributed by atoms with van der Waals surface area (Å²) in [6.07, 6.45) is 1.85. The zero-order valence-corrected chi connectivity index (χ0v) is 14.4. The van der Waals surface area contributed by atoms with E-state index in [1.165, 1.54) is 27.5 Å². The molecule has 0 radical (unpaired) electrons. The molecule has 130 valence electrons. The van der Waals surface area contributed by atoms with E-state index in [1.807, 2.05) is 6.92 Å². The molecule has 1 aliphatic rings. The lowest BCUT2D eigenvalue weighted by Crippen LogP contribution is -2.42. The molecular formula is C16H21N3O5. The summed E-state index contributed by atoms with van der Waals surface area (Å²) in [5.41, 5.74) is -0.392. The van der Waals surface area contributed by atoms with Gasteiger partial charge in [0.25, 0.3) is 5.91 Å². The molecule has 1 aromatic rings. The molecule has 0 saturated carbocycles. The largest absolute Gasteiger partial charge is 0.496 e. The van der Waals surface area contributed by atoms with Crippen LogP contribution in [0.4, 0.5) is 4.79 Å². The molecule has 8 heteroatoms. The normalized spacial score (nSPS) is 20.5. The molecule has 1 saturated heterocycles. The summed E-state index contributed by atoms with van der Waals surface area (Å²) >= 11 is 0. The Kier molecular flexibility index (Phi) is 4.96. The van der Waals surface area contributed by atoms with E-state index in [0.29, 0.717) is 29.2 Å². The highest BCUT2D eigenvalue weighted by Crippen LogP contribution is 2.34. The van der Waals surface area contributed by atoms with Crippen molar-refractivity contribution >= 4 is 18.2 Å². The van der Waals surface area contributed by atoms with Crippen LogP contribution in [0, 0.1) is 0 Å². The molecule has 24 heavy (non-hydrogen) atoms. The number of hydrogen-bond donors (Lipinski definition) is 1. The summed E-state index contributed by atoms with van der Waals surface area (Å²) in [6.45, 7) is 3.49. The van der Waals surface area contributed by atoms with E-state index in [-0.39, 0.29) is 0 Å². The monoisotopic (exact) mass is 335 g/mol. The van der Waals surface area contributed by atoms with Gasteiger partial charge in [0.2, 0.25) is 0 Å². The Hall–Kier alpha value is -2.77. The first-order valence-electron chi connectivity index (χ1n) is 7.40. The Morgan fingerprint density at radius 3 is 2.21 bits per heavy atom. The number of nitrogens with zero attached hydrogens (tertiary/aromatic N) is 2. The van der Waals surface area contributed by atoms with Gasteiger partial charge >= 0.3 is 6.03 Å². The molecule has 8 nitrogen and oxygen atoms in total. The number of amides is 3. The Morgan fingerprint density at radius 2 is 1.71 bits per heavy atom. The highest BCUT2D eigenvalue weighted by Gasteiger charge is 2.46. The lowest BCUT2D eigenvalue weighted by atomic mass is 10.00. The zero-order chi connectivity index (χ0) is 17.9. The van der Waals surface area contributed by atoms with E-state index in [4.69, 9.17) is 14.2 Å². The Morgan fingerprint density at radius 1 is 1.12 bits per heavy atom. The zero-order valence-electron chi connectivity index (χ0n) is 14.4. The van der Waals surface area contributed by atoms with E-state index < -0.39 is 17.5 Å². The van der Waals surface area contributed by atoms with E-state index in [2.05, 4.69) is 10.4 Å². The number of carbonyl (C=O) groups is 2. The maximum atomic E-state index is 12.3. The highest BCUT2D eigenvalue weighted by atomic mass is 16.5. The highest BCUT2D eigenvalue weighted by molar-refractivity contribution is 6.07. The van der Waals surface area contributed by atoms with Gasteiger partial charge in [-0.05, 0) is 19.4 Å². The molecule has 0 bridgehead atoms. The number of ether oxygens (including phenoxy) is 3. The predicted octanol–water partition coefficient (Wildman–Crippen LogP) is 1.77. The van der Waals surface area contributed by atoms with Gasteiger partial charge in [-0.15, -0.1) is 5.01 Å². The number of hydrazone groups is 1. The molecule has 1 N–H and O–H groups in total. The van der Waals surface area contributed by atoms with Gasteiger partial charge in [-0.1, -0.05) is 6.92 Å².